The molecule has 0 aliphatic rings. The molecule has 1 N–H and O–H groups in total. The largest absolute Gasteiger partial charge is 0.493 e. The van der Waals surface area contributed by atoms with E-state index in [0.29, 0.717) is 5.56 Å². The molecule has 136 valence electrons. The van der Waals surface area contributed by atoms with Gasteiger partial charge in [0.1, 0.15) is 4.47 Å². The van der Waals surface area contributed by atoms with Crippen LogP contribution in [0, 0.1) is 10.1 Å². The van der Waals surface area contributed by atoms with Crippen molar-refractivity contribution in [1.29, 1.82) is 0 Å². The van der Waals surface area contributed by atoms with E-state index in [1.165, 1.54) is 25.3 Å². The molecule has 10 nitrogen and oxygen atoms in total. The summed E-state index contributed by atoms with van der Waals surface area (Å²) < 4.78 is 39.6. The van der Waals surface area contributed by atoms with Gasteiger partial charge in [0, 0.05) is 5.56 Å². The lowest BCUT2D eigenvalue weighted by molar-refractivity contribution is -0.390. The van der Waals surface area contributed by atoms with Gasteiger partial charge < -0.3 is 24.0 Å². The number of nitrogens with one attached hydrogen (secondary N) is 1. The fraction of sp³-hybridized carbons (Fsp3) is 0.154. The van der Waals surface area contributed by atoms with Gasteiger partial charge in [-0.1, -0.05) is 5.10 Å². The van der Waals surface area contributed by atoms with Crippen LogP contribution in [0.4, 0.5) is 14.6 Å². The highest BCUT2D eigenvalue weighted by atomic mass is 79.9. The number of ether oxygens (including phenoxy) is 2. The van der Waals surface area contributed by atoms with Gasteiger partial charge in [-0.2, -0.15) is 8.78 Å². The molecule has 3 aromatic rings. The van der Waals surface area contributed by atoms with Gasteiger partial charge in [-0.05, 0) is 39.1 Å². The highest BCUT2D eigenvalue weighted by molar-refractivity contribution is 9.10. The van der Waals surface area contributed by atoms with Gasteiger partial charge in [0.15, 0.2) is 17.2 Å². The molecule has 26 heavy (non-hydrogen) atoms. The number of benzene rings is 1. The molecule has 0 saturated heterocycles. The molecule has 0 radical (unpaired) electrons. The Bertz CT molecular complexity index is 960. The van der Waals surface area contributed by atoms with Crippen LogP contribution in [0.2, 0.25) is 0 Å². The van der Waals surface area contributed by atoms with Crippen molar-refractivity contribution in [2.45, 2.75) is 6.61 Å². The van der Waals surface area contributed by atoms with E-state index < -0.39 is 11.5 Å². The summed E-state index contributed by atoms with van der Waals surface area (Å²) >= 11 is 3.04. The molecule has 0 aliphatic heterocycles. The maximum Gasteiger partial charge on any atom is 0.387 e. The molecule has 0 spiro atoms. The number of methoxy groups -OCH3 is 1. The second kappa shape index (κ2) is 7.03. The van der Waals surface area contributed by atoms with Gasteiger partial charge in [-0.3, -0.25) is 0 Å². The molecule has 13 heteroatoms. The van der Waals surface area contributed by atoms with Gasteiger partial charge in [-0.25, -0.2) is 0 Å². The normalized spacial score (nSPS) is 11.0. The Morgan fingerprint density at radius 3 is 2.65 bits per heavy atom. The van der Waals surface area contributed by atoms with E-state index in [1.54, 1.807) is 0 Å². The van der Waals surface area contributed by atoms with E-state index in [0.717, 1.165) is 0 Å². The van der Waals surface area contributed by atoms with E-state index in [-0.39, 0.29) is 39.3 Å². The zero-order valence-electron chi connectivity index (χ0n) is 12.8. The van der Waals surface area contributed by atoms with Gasteiger partial charge in [0.2, 0.25) is 5.89 Å². The highest BCUT2D eigenvalue weighted by Gasteiger charge is 2.25. The van der Waals surface area contributed by atoms with Crippen molar-refractivity contribution in [3.05, 3.63) is 32.8 Å². The van der Waals surface area contributed by atoms with Crippen LogP contribution in [0.3, 0.4) is 0 Å². The minimum atomic E-state index is -3.00. The molecule has 0 unspecified atom stereocenters. The number of hydrogen-bond acceptors (Lipinski definition) is 8. The third-order valence-corrected chi connectivity index (χ3v) is 3.88. The predicted molar refractivity (Wildman–Crippen MR) is 84.9 cm³/mol. The second-order valence-corrected chi connectivity index (χ2v) is 5.44. The van der Waals surface area contributed by atoms with E-state index >= 15 is 0 Å². The summed E-state index contributed by atoms with van der Waals surface area (Å²) in [6.07, 6.45) is 0. The number of hydrogen-bond donors (Lipinski definition) is 1. The smallest absolute Gasteiger partial charge is 0.387 e. The highest BCUT2D eigenvalue weighted by Crippen LogP contribution is 2.36. The number of nitro groups is 1. The number of halogens is 3. The number of rotatable bonds is 6. The average Bonchev–Trinajstić information content (AvgIpc) is 3.21. The molecule has 0 atom stereocenters. The lowest BCUT2D eigenvalue weighted by Gasteiger charge is -2.10. The quantitative estimate of drug-likeness (QED) is 0.464. The van der Waals surface area contributed by atoms with Crippen molar-refractivity contribution < 1.29 is 27.6 Å². The Hall–Kier alpha value is -3.09. The number of alkyl halides is 2. The SMILES string of the molecule is COc1cc(-c2nnc(-c3n[nH]c([N+](=O)[O-])c3Br)o2)ccc1OC(F)F. The Balaban J connectivity index is 1.94. The van der Waals surface area contributed by atoms with Gasteiger partial charge in [0.05, 0.1) is 7.11 Å². The van der Waals surface area contributed by atoms with Crippen LogP contribution in [-0.2, 0) is 0 Å². The topological polar surface area (TPSA) is 129 Å². The summed E-state index contributed by atoms with van der Waals surface area (Å²) in [5.74, 6) is -0.534. The molecule has 1 aromatic carbocycles. The summed E-state index contributed by atoms with van der Waals surface area (Å²) in [7, 11) is 1.29. The van der Waals surface area contributed by atoms with Crippen LogP contribution in [0.1, 0.15) is 0 Å². The molecule has 2 aromatic heterocycles. The van der Waals surface area contributed by atoms with Gasteiger partial charge in [0.25, 0.3) is 5.89 Å². The van der Waals surface area contributed by atoms with Crippen molar-refractivity contribution in [3.8, 4) is 34.5 Å². The number of nitrogens with zero attached hydrogens (tertiary/aromatic N) is 4. The minimum Gasteiger partial charge on any atom is -0.493 e. The number of H-pyrrole nitrogens is 1. The number of aromatic nitrogens is 4. The average molecular weight is 432 g/mol. The predicted octanol–water partition coefficient (Wildman–Crippen LogP) is 3.41. The molecule has 3 rings (SSSR count). The van der Waals surface area contributed by atoms with Crippen molar-refractivity contribution in [3.63, 3.8) is 0 Å². The summed E-state index contributed by atoms with van der Waals surface area (Å²) in [4.78, 5) is 10.2. The summed E-state index contributed by atoms with van der Waals surface area (Å²) in [5, 5.41) is 24.4. The van der Waals surface area contributed by atoms with Crippen LogP contribution in [-0.4, -0.2) is 39.0 Å². The van der Waals surface area contributed by atoms with E-state index in [2.05, 4.69) is 41.1 Å². The third-order valence-electron chi connectivity index (χ3n) is 3.13. The maximum atomic E-state index is 12.4. The van der Waals surface area contributed by atoms with E-state index in [4.69, 9.17) is 9.15 Å². The first-order chi connectivity index (χ1) is 12.4. The minimum absolute atomic E-state index is 0.0273. The Morgan fingerprint density at radius 2 is 2.04 bits per heavy atom. The Morgan fingerprint density at radius 1 is 1.31 bits per heavy atom. The summed E-state index contributed by atoms with van der Waals surface area (Å²) in [6.45, 7) is -3.00. The van der Waals surface area contributed by atoms with Crippen molar-refractivity contribution in [2.75, 3.05) is 7.11 Å². The van der Waals surface area contributed by atoms with Crippen molar-refractivity contribution in [1.82, 2.24) is 20.4 Å². The van der Waals surface area contributed by atoms with Crippen LogP contribution >= 0.6 is 15.9 Å². The molecule has 0 aliphatic carbocycles. The standard InChI is InChI=1S/C13H8BrF2N5O5/c1-24-7-4-5(2-3-6(7)25-13(15)16)11-19-20-12(26-11)9-8(14)10(18-17-9)21(22)23/h2-4,13H,1H3,(H,17,18). The zero-order chi connectivity index (χ0) is 18.8. The maximum absolute atomic E-state index is 12.4. The summed E-state index contributed by atoms with van der Waals surface area (Å²) in [6, 6.07) is 4.05. The van der Waals surface area contributed by atoms with E-state index in [9.17, 15) is 18.9 Å². The van der Waals surface area contributed by atoms with Crippen LogP contribution in [0.25, 0.3) is 23.0 Å². The third kappa shape index (κ3) is 3.33. The Kier molecular flexibility index (Phi) is 4.79. The molecular formula is C13H8BrF2N5O5. The fourth-order valence-electron chi connectivity index (χ4n) is 2.01. The molecule has 0 amide bonds. The lowest BCUT2D eigenvalue weighted by atomic mass is 10.2. The van der Waals surface area contributed by atoms with Crippen molar-refractivity contribution >= 4 is 21.7 Å². The first kappa shape index (κ1) is 17.7. The molecule has 0 saturated carbocycles. The first-order valence-corrected chi connectivity index (χ1v) is 7.55. The fourth-order valence-corrected chi connectivity index (χ4v) is 2.50. The Labute approximate surface area is 151 Å². The van der Waals surface area contributed by atoms with Gasteiger partial charge in [-0.15, -0.1) is 15.3 Å². The van der Waals surface area contributed by atoms with Crippen molar-refractivity contribution in [2.24, 2.45) is 0 Å². The first-order valence-electron chi connectivity index (χ1n) is 6.76. The van der Waals surface area contributed by atoms with Gasteiger partial charge >= 0.3 is 12.4 Å². The number of aromatic amines is 1. The monoisotopic (exact) mass is 431 g/mol. The molecule has 0 bridgehead atoms. The summed E-state index contributed by atoms with van der Waals surface area (Å²) in [5.41, 5.74) is 0.420. The lowest BCUT2D eigenvalue weighted by Crippen LogP contribution is -2.03. The van der Waals surface area contributed by atoms with Crippen LogP contribution in [0.5, 0.6) is 11.5 Å². The second-order valence-electron chi connectivity index (χ2n) is 4.65. The van der Waals surface area contributed by atoms with Crippen LogP contribution in [0.15, 0.2) is 27.1 Å². The molecule has 2 heterocycles. The van der Waals surface area contributed by atoms with E-state index in [1.807, 2.05) is 0 Å². The molecule has 0 fully saturated rings. The zero-order valence-corrected chi connectivity index (χ0v) is 14.4. The van der Waals surface area contributed by atoms with Crippen LogP contribution < -0.4 is 9.47 Å². The molecular weight excluding hydrogens is 424 g/mol.